The molecule has 0 fully saturated rings. The van der Waals surface area contributed by atoms with E-state index in [9.17, 15) is 0 Å². The van der Waals surface area contributed by atoms with Gasteiger partial charge in [0, 0.05) is 11.4 Å². The monoisotopic (exact) mass is 187 g/mol. The Labute approximate surface area is 86.2 Å². The highest BCUT2D eigenvalue weighted by molar-refractivity contribution is 5.51. The van der Waals surface area contributed by atoms with Crippen molar-refractivity contribution in [2.24, 2.45) is 0 Å². The standard InChI is InChI=1S/C13H17N/c1-4-8-13(11(2)3)14-12-9-6-5-7-10-12/h4-10,14H,1-3H3/b8-4-. The third kappa shape index (κ3) is 3.09. The SMILES string of the molecule is C/C=C\C(Nc1ccccc1)=C(C)C. The van der Waals surface area contributed by atoms with E-state index in [1.165, 1.54) is 11.3 Å². The van der Waals surface area contributed by atoms with Gasteiger partial charge in [0.25, 0.3) is 0 Å². The fourth-order valence-corrected chi connectivity index (χ4v) is 1.18. The molecule has 0 aromatic heterocycles. The highest BCUT2D eigenvalue weighted by Gasteiger charge is 1.94. The molecular weight excluding hydrogens is 170 g/mol. The average molecular weight is 187 g/mol. The maximum Gasteiger partial charge on any atom is 0.0384 e. The summed E-state index contributed by atoms with van der Waals surface area (Å²) in [4.78, 5) is 0. The quantitative estimate of drug-likeness (QED) is 0.706. The van der Waals surface area contributed by atoms with E-state index in [2.05, 4.69) is 37.4 Å². The first-order valence-corrected chi connectivity index (χ1v) is 4.86. The predicted molar refractivity (Wildman–Crippen MR) is 63.3 cm³/mol. The summed E-state index contributed by atoms with van der Waals surface area (Å²) in [6, 6.07) is 10.2. The summed E-state index contributed by atoms with van der Waals surface area (Å²) in [6.07, 6.45) is 4.13. The molecule has 0 aliphatic carbocycles. The summed E-state index contributed by atoms with van der Waals surface area (Å²) in [5, 5.41) is 3.37. The molecule has 0 radical (unpaired) electrons. The van der Waals surface area contributed by atoms with Crippen LogP contribution in [-0.2, 0) is 0 Å². The van der Waals surface area contributed by atoms with Crippen molar-refractivity contribution in [2.45, 2.75) is 20.8 Å². The molecule has 0 heterocycles. The molecule has 74 valence electrons. The molecule has 0 aliphatic rings. The van der Waals surface area contributed by atoms with Crippen molar-refractivity contribution >= 4 is 5.69 Å². The van der Waals surface area contributed by atoms with Crippen LogP contribution in [0.5, 0.6) is 0 Å². The second-order valence-electron chi connectivity index (χ2n) is 3.40. The molecule has 1 rings (SSSR count). The molecule has 0 saturated heterocycles. The Morgan fingerprint density at radius 1 is 1.14 bits per heavy atom. The molecule has 1 aromatic rings. The van der Waals surface area contributed by atoms with Crippen molar-refractivity contribution in [3.8, 4) is 0 Å². The Kier molecular flexibility index (Phi) is 3.99. The van der Waals surface area contributed by atoms with Crippen LogP contribution in [0.3, 0.4) is 0 Å². The van der Waals surface area contributed by atoms with Gasteiger partial charge in [-0.3, -0.25) is 0 Å². The third-order valence-electron chi connectivity index (χ3n) is 1.92. The van der Waals surface area contributed by atoms with Crippen LogP contribution in [0.4, 0.5) is 5.69 Å². The molecule has 1 aromatic carbocycles. The number of para-hydroxylation sites is 1. The maximum absolute atomic E-state index is 3.37. The zero-order chi connectivity index (χ0) is 10.4. The summed E-state index contributed by atoms with van der Waals surface area (Å²) < 4.78 is 0. The van der Waals surface area contributed by atoms with Crippen LogP contribution < -0.4 is 5.32 Å². The molecule has 0 unspecified atom stereocenters. The average Bonchev–Trinajstić information content (AvgIpc) is 2.18. The first-order chi connectivity index (χ1) is 6.74. The Hall–Kier alpha value is -1.50. The van der Waals surface area contributed by atoms with Crippen molar-refractivity contribution in [2.75, 3.05) is 5.32 Å². The van der Waals surface area contributed by atoms with E-state index in [1.54, 1.807) is 0 Å². The van der Waals surface area contributed by atoms with E-state index in [0.29, 0.717) is 0 Å². The van der Waals surface area contributed by atoms with Crippen molar-refractivity contribution in [1.82, 2.24) is 0 Å². The van der Waals surface area contributed by atoms with Crippen molar-refractivity contribution in [1.29, 1.82) is 0 Å². The van der Waals surface area contributed by atoms with Gasteiger partial charge in [-0.2, -0.15) is 0 Å². The lowest BCUT2D eigenvalue weighted by atomic mass is 10.2. The molecule has 0 bridgehead atoms. The lowest BCUT2D eigenvalue weighted by Crippen LogP contribution is -1.98. The van der Waals surface area contributed by atoms with Gasteiger partial charge in [0.05, 0.1) is 0 Å². The zero-order valence-corrected chi connectivity index (χ0v) is 9.04. The number of hydrogen-bond donors (Lipinski definition) is 1. The smallest absolute Gasteiger partial charge is 0.0384 e. The molecule has 1 N–H and O–H groups in total. The van der Waals surface area contributed by atoms with Crippen molar-refractivity contribution < 1.29 is 0 Å². The number of benzene rings is 1. The Balaban J connectivity index is 2.82. The van der Waals surface area contributed by atoms with Gasteiger partial charge in [-0.15, -0.1) is 0 Å². The lowest BCUT2D eigenvalue weighted by Gasteiger charge is -2.08. The van der Waals surface area contributed by atoms with E-state index in [4.69, 9.17) is 0 Å². The summed E-state index contributed by atoms with van der Waals surface area (Å²) in [7, 11) is 0. The van der Waals surface area contributed by atoms with Gasteiger partial charge < -0.3 is 5.32 Å². The van der Waals surface area contributed by atoms with Crippen molar-refractivity contribution in [3.05, 3.63) is 53.8 Å². The molecule has 14 heavy (non-hydrogen) atoms. The largest absolute Gasteiger partial charge is 0.356 e. The van der Waals surface area contributed by atoms with Gasteiger partial charge in [-0.25, -0.2) is 0 Å². The Morgan fingerprint density at radius 2 is 1.79 bits per heavy atom. The first kappa shape index (κ1) is 10.6. The van der Waals surface area contributed by atoms with Gasteiger partial charge >= 0.3 is 0 Å². The van der Waals surface area contributed by atoms with Gasteiger partial charge in [0.2, 0.25) is 0 Å². The molecule has 1 heteroatoms. The number of allylic oxidation sites excluding steroid dienone is 3. The van der Waals surface area contributed by atoms with E-state index in [0.717, 1.165) is 5.69 Å². The summed E-state index contributed by atoms with van der Waals surface area (Å²) in [5.74, 6) is 0. The minimum absolute atomic E-state index is 1.13. The van der Waals surface area contributed by atoms with Gasteiger partial charge in [0.15, 0.2) is 0 Å². The van der Waals surface area contributed by atoms with E-state index < -0.39 is 0 Å². The fourth-order valence-electron chi connectivity index (χ4n) is 1.18. The molecule has 1 nitrogen and oxygen atoms in total. The van der Waals surface area contributed by atoms with Crippen LogP contribution in [0.2, 0.25) is 0 Å². The number of hydrogen-bond acceptors (Lipinski definition) is 1. The van der Waals surface area contributed by atoms with Crippen LogP contribution in [0, 0.1) is 0 Å². The molecule has 0 atom stereocenters. The third-order valence-corrected chi connectivity index (χ3v) is 1.92. The highest BCUT2D eigenvalue weighted by Crippen LogP contribution is 2.12. The number of rotatable bonds is 3. The molecule has 0 amide bonds. The topological polar surface area (TPSA) is 12.0 Å². The van der Waals surface area contributed by atoms with E-state index >= 15 is 0 Å². The van der Waals surface area contributed by atoms with Crippen LogP contribution in [0.1, 0.15) is 20.8 Å². The van der Waals surface area contributed by atoms with Gasteiger partial charge in [-0.1, -0.05) is 29.8 Å². The normalized spacial score (nSPS) is 10.2. The predicted octanol–water partition coefficient (Wildman–Crippen LogP) is 3.97. The van der Waals surface area contributed by atoms with Gasteiger partial charge in [0.1, 0.15) is 0 Å². The highest BCUT2D eigenvalue weighted by atomic mass is 14.9. The minimum Gasteiger partial charge on any atom is -0.356 e. The molecule has 0 aliphatic heterocycles. The maximum atomic E-state index is 3.37. The molecule has 0 spiro atoms. The second kappa shape index (κ2) is 5.28. The number of nitrogens with one attached hydrogen (secondary N) is 1. The summed E-state index contributed by atoms with van der Waals surface area (Å²) in [6.45, 7) is 6.23. The minimum atomic E-state index is 1.13. The van der Waals surface area contributed by atoms with Crippen molar-refractivity contribution in [3.63, 3.8) is 0 Å². The number of anilines is 1. The Bertz CT molecular complexity index is 330. The lowest BCUT2D eigenvalue weighted by molar-refractivity contribution is 1.29. The molecular formula is C13H17N. The zero-order valence-electron chi connectivity index (χ0n) is 9.04. The van der Waals surface area contributed by atoms with Crippen LogP contribution >= 0.6 is 0 Å². The summed E-state index contributed by atoms with van der Waals surface area (Å²) >= 11 is 0. The Morgan fingerprint density at radius 3 is 2.29 bits per heavy atom. The van der Waals surface area contributed by atoms with E-state index in [-0.39, 0.29) is 0 Å². The van der Waals surface area contributed by atoms with E-state index in [1.807, 2.05) is 31.2 Å². The second-order valence-corrected chi connectivity index (χ2v) is 3.40. The van der Waals surface area contributed by atoms with Crippen LogP contribution in [-0.4, -0.2) is 0 Å². The fraction of sp³-hybridized carbons (Fsp3) is 0.231. The van der Waals surface area contributed by atoms with Gasteiger partial charge in [-0.05, 0) is 39.0 Å². The van der Waals surface area contributed by atoms with Crippen LogP contribution in [0.15, 0.2) is 53.8 Å². The van der Waals surface area contributed by atoms with Crippen LogP contribution in [0.25, 0.3) is 0 Å². The molecule has 0 saturated carbocycles. The first-order valence-electron chi connectivity index (χ1n) is 4.86. The summed E-state index contributed by atoms with van der Waals surface area (Å²) in [5.41, 5.74) is 3.58.